The van der Waals surface area contributed by atoms with Gasteiger partial charge in [-0.2, -0.15) is 4.72 Å². The summed E-state index contributed by atoms with van der Waals surface area (Å²) in [7, 11) is -12.3. The molecule has 30 heavy (non-hydrogen) atoms. The molecule has 1 unspecified atom stereocenters. The van der Waals surface area contributed by atoms with E-state index in [1.54, 1.807) is 0 Å². The van der Waals surface area contributed by atoms with Crippen molar-refractivity contribution in [2.24, 2.45) is 0 Å². The molecule has 2 heterocycles. The lowest BCUT2D eigenvalue weighted by Gasteiger charge is -2.14. The highest BCUT2D eigenvalue weighted by Gasteiger charge is 2.27. The first-order valence-corrected chi connectivity index (χ1v) is 14.5. The first-order valence-electron chi connectivity index (χ1n) is 7.82. The number of benzene rings is 1. The third kappa shape index (κ3) is 5.32. The number of fused-ring (bicyclic) bond motifs is 1. The van der Waals surface area contributed by atoms with Gasteiger partial charge in [0.15, 0.2) is 9.84 Å². The Kier molecular flexibility index (Phi) is 6.53. The van der Waals surface area contributed by atoms with Crippen molar-refractivity contribution in [3.8, 4) is 5.75 Å². The van der Waals surface area contributed by atoms with Gasteiger partial charge in [0.2, 0.25) is 0 Å². The molecule has 0 spiro atoms. The van der Waals surface area contributed by atoms with Crippen LogP contribution in [0.1, 0.15) is 0 Å². The van der Waals surface area contributed by atoms with E-state index in [4.69, 9.17) is 27.7 Å². The Hall–Kier alpha value is -1.24. The molecular formula is C15H13Cl2N2O7PS3. The Labute approximate surface area is 186 Å². The minimum atomic E-state index is -4.53. The average molecular weight is 531 g/mol. The van der Waals surface area contributed by atoms with E-state index >= 15 is 0 Å². The maximum absolute atomic E-state index is 12.5. The number of halogens is 2. The molecule has 0 aliphatic carbocycles. The SMILES string of the molecule is CS(=O)(=O)c1cncc(OP(=O)(O)CNS(=O)(=O)c2cc3c(Cl)ccc(Cl)c3s2)c1. The van der Waals surface area contributed by atoms with Crippen molar-refractivity contribution in [2.45, 2.75) is 9.10 Å². The number of sulfone groups is 1. The van der Waals surface area contributed by atoms with E-state index in [1.165, 1.54) is 18.2 Å². The topological polar surface area (TPSA) is 140 Å². The van der Waals surface area contributed by atoms with Crippen LogP contribution < -0.4 is 9.25 Å². The van der Waals surface area contributed by atoms with Crippen molar-refractivity contribution < 1.29 is 30.8 Å². The van der Waals surface area contributed by atoms with Gasteiger partial charge in [0.25, 0.3) is 10.0 Å². The van der Waals surface area contributed by atoms with Crippen LogP contribution in [0.3, 0.4) is 0 Å². The van der Waals surface area contributed by atoms with Crippen LogP contribution in [-0.2, 0) is 24.4 Å². The summed E-state index contributed by atoms with van der Waals surface area (Å²) < 4.78 is 67.7. The zero-order valence-corrected chi connectivity index (χ0v) is 19.8. The second-order valence-corrected chi connectivity index (χ2v) is 13.7. The number of rotatable bonds is 7. The number of hydrogen-bond acceptors (Lipinski definition) is 8. The van der Waals surface area contributed by atoms with Crippen LogP contribution in [0, 0.1) is 0 Å². The maximum atomic E-state index is 12.5. The van der Waals surface area contributed by atoms with Gasteiger partial charge in [0.1, 0.15) is 16.2 Å². The number of hydrogen-bond donors (Lipinski definition) is 2. The van der Waals surface area contributed by atoms with Crippen LogP contribution >= 0.6 is 42.1 Å². The van der Waals surface area contributed by atoms with Gasteiger partial charge in [-0.15, -0.1) is 11.3 Å². The molecule has 0 radical (unpaired) electrons. The van der Waals surface area contributed by atoms with E-state index in [0.29, 0.717) is 20.1 Å². The Morgan fingerprint density at radius 3 is 2.47 bits per heavy atom. The zero-order valence-electron chi connectivity index (χ0n) is 14.9. The van der Waals surface area contributed by atoms with Gasteiger partial charge in [0, 0.05) is 28.9 Å². The minimum absolute atomic E-state index is 0.159. The first-order chi connectivity index (χ1) is 13.8. The second-order valence-electron chi connectivity index (χ2n) is 6.00. The van der Waals surface area contributed by atoms with Gasteiger partial charge in [-0.3, -0.25) is 4.98 Å². The summed E-state index contributed by atoms with van der Waals surface area (Å²) in [5.41, 5.74) is 0. The number of aromatic nitrogens is 1. The third-order valence-corrected chi connectivity index (χ3v) is 9.79. The molecule has 2 aromatic heterocycles. The summed E-state index contributed by atoms with van der Waals surface area (Å²) >= 11 is 13.0. The van der Waals surface area contributed by atoms with Crippen molar-refractivity contribution in [3.63, 3.8) is 0 Å². The van der Waals surface area contributed by atoms with Gasteiger partial charge in [-0.1, -0.05) is 23.2 Å². The standard InChI is InChI=1S/C15H13Cl2N2O7PS3/c1-29(22,23)10-4-9(6-18-7-10)26-27(20,21)8-19-30(24,25)14-5-11-12(16)2-3-13(17)15(11)28-14/h2-7,19H,8H2,1H3,(H,20,21). The minimum Gasteiger partial charge on any atom is -0.422 e. The number of nitrogens with one attached hydrogen (secondary N) is 1. The summed E-state index contributed by atoms with van der Waals surface area (Å²) in [5, 5.41) is 1.05. The lowest BCUT2D eigenvalue weighted by Crippen LogP contribution is -2.25. The number of thiophene rings is 1. The zero-order chi connectivity index (χ0) is 22.3. The van der Waals surface area contributed by atoms with Crippen molar-refractivity contribution in [1.82, 2.24) is 9.71 Å². The summed E-state index contributed by atoms with van der Waals surface area (Å²) in [6, 6.07) is 5.37. The van der Waals surface area contributed by atoms with E-state index in [1.807, 2.05) is 4.72 Å². The predicted molar refractivity (Wildman–Crippen MR) is 115 cm³/mol. The van der Waals surface area contributed by atoms with E-state index in [-0.39, 0.29) is 14.9 Å². The van der Waals surface area contributed by atoms with Crippen LogP contribution in [0.5, 0.6) is 5.75 Å². The van der Waals surface area contributed by atoms with Crippen LogP contribution in [0.2, 0.25) is 10.0 Å². The number of nitrogens with zero attached hydrogens (tertiary/aromatic N) is 1. The molecule has 0 amide bonds. The summed E-state index contributed by atoms with van der Waals surface area (Å²) in [5.74, 6) is -0.302. The van der Waals surface area contributed by atoms with Crippen molar-refractivity contribution in [3.05, 3.63) is 46.7 Å². The van der Waals surface area contributed by atoms with Crippen LogP contribution in [0.4, 0.5) is 0 Å². The molecule has 0 aliphatic heterocycles. The van der Waals surface area contributed by atoms with Crippen LogP contribution in [0.25, 0.3) is 10.1 Å². The molecule has 162 valence electrons. The smallest absolute Gasteiger partial charge is 0.391 e. The molecule has 9 nitrogen and oxygen atoms in total. The Balaban J connectivity index is 1.79. The molecule has 0 saturated carbocycles. The number of sulfonamides is 1. The quantitative estimate of drug-likeness (QED) is 0.442. The predicted octanol–water partition coefficient (Wildman–Crippen LogP) is 3.51. The van der Waals surface area contributed by atoms with Crippen molar-refractivity contribution >= 4 is 72.1 Å². The fourth-order valence-corrected chi connectivity index (χ4v) is 7.31. The fraction of sp³-hybridized carbons (Fsp3) is 0.133. The highest BCUT2D eigenvalue weighted by Crippen LogP contribution is 2.43. The molecule has 0 saturated heterocycles. The normalized spacial score (nSPS) is 14.5. The summed E-state index contributed by atoms with van der Waals surface area (Å²) in [6.07, 6.45) is 2.05. The summed E-state index contributed by atoms with van der Waals surface area (Å²) in [4.78, 5) is 13.4. The number of pyridine rings is 1. The van der Waals surface area contributed by atoms with E-state index in [2.05, 4.69) is 4.98 Å². The lowest BCUT2D eigenvalue weighted by atomic mass is 10.3. The Morgan fingerprint density at radius 1 is 1.17 bits per heavy atom. The second kappa shape index (κ2) is 8.36. The van der Waals surface area contributed by atoms with Gasteiger partial charge < -0.3 is 9.42 Å². The monoisotopic (exact) mass is 530 g/mol. The molecule has 3 aromatic rings. The summed E-state index contributed by atoms with van der Waals surface area (Å²) in [6.45, 7) is 0. The average Bonchev–Trinajstić information content (AvgIpc) is 3.10. The molecule has 2 N–H and O–H groups in total. The molecule has 0 fully saturated rings. The van der Waals surface area contributed by atoms with Crippen molar-refractivity contribution in [1.29, 1.82) is 0 Å². The molecule has 1 aromatic carbocycles. The van der Waals surface area contributed by atoms with Gasteiger partial charge in [-0.05, 0) is 18.2 Å². The largest absolute Gasteiger partial charge is 0.422 e. The van der Waals surface area contributed by atoms with Gasteiger partial charge in [0.05, 0.1) is 20.8 Å². The van der Waals surface area contributed by atoms with E-state index < -0.39 is 33.7 Å². The Morgan fingerprint density at radius 2 is 1.83 bits per heavy atom. The van der Waals surface area contributed by atoms with Crippen molar-refractivity contribution in [2.75, 3.05) is 12.5 Å². The molecule has 0 bridgehead atoms. The molecule has 15 heteroatoms. The molecule has 0 aliphatic rings. The molecule has 3 rings (SSSR count). The van der Waals surface area contributed by atoms with Crippen LogP contribution in [-0.4, -0.2) is 39.3 Å². The maximum Gasteiger partial charge on any atom is 0.391 e. The first kappa shape index (κ1) is 23.4. The highest BCUT2D eigenvalue weighted by molar-refractivity contribution is 7.92. The fourth-order valence-electron chi connectivity index (χ4n) is 2.25. The van der Waals surface area contributed by atoms with Crippen LogP contribution in [0.15, 0.2) is 45.8 Å². The van der Waals surface area contributed by atoms with E-state index in [0.717, 1.165) is 36.1 Å². The highest BCUT2D eigenvalue weighted by atomic mass is 35.5. The lowest BCUT2D eigenvalue weighted by molar-refractivity contribution is 0.376. The van der Waals surface area contributed by atoms with Gasteiger partial charge in [-0.25, -0.2) is 21.4 Å². The Bertz CT molecular complexity index is 1350. The molecular weight excluding hydrogens is 518 g/mol. The van der Waals surface area contributed by atoms with Gasteiger partial charge >= 0.3 is 7.60 Å². The molecule has 1 atom stereocenters. The third-order valence-electron chi connectivity index (χ3n) is 3.64. The van der Waals surface area contributed by atoms with E-state index in [9.17, 15) is 26.3 Å².